The van der Waals surface area contributed by atoms with Crippen LogP contribution in [0.25, 0.3) is 0 Å². The van der Waals surface area contributed by atoms with Gasteiger partial charge in [-0.15, -0.1) is 0 Å². The van der Waals surface area contributed by atoms with Crippen LogP contribution >= 0.6 is 0 Å². The molecule has 1 aliphatic rings. The highest BCUT2D eigenvalue weighted by Gasteiger charge is 2.29. The SMILES string of the molecule is NC(=O)C(NC(=O)c1cccc(NC(=O)C2CC2)c1)c1ccccc1. The average molecular weight is 337 g/mol. The number of amides is 3. The summed E-state index contributed by atoms with van der Waals surface area (Å²) in [6.07, 6.45) is 1.81. The van der Waals surface area contributed by atoms with E-state index in [1.807, 2.05) is 6.07 Å². The Bertz CT molecular complexity index is 801. The second kappa shape index (κ2) is 7.17. The fourth-order valence-electron chi connectivity index (χ4n) is 2.51. The van der Waals surface area contributed by atoms with Gasteiger partial charge in [-0.2, -0.15) is 0 Å². The first-order chi connectivity index (χ1) is 12.0. The number of rotatable bonds is 6. The van der Waals surface area contributed by atoms with E-state index in [0.29, 0.717) is 16.8 Å². The lowest BCUT2D eigenvalue weighted by Crippen LogP contribution is -2.37. The Balaban J connectivity index is 1.73. The molecule has 0 aliphatic heterocycles. The number of hydrogen-bond acceptors (Lipinski definition) is 3. The lowest BCUT2D eigenvalue weighted by atomic mass is 10.1. The Morgan fingerprint density at radius 1 is 1.00 bits per heavy atom. The third-order valence-electron chi connectivity index (χ3n) is 4.03. The summed E-state index contributed by atoms with van der Waals surface area (Å²) in [5.74, 6) is -1.03. The van der Waals surface area contributed by atoms with Crippen molar-refractivity contribution in [3.63, 3.8) is 0 Å². The highest BCUT2D eigenvalue weighted by atomic mass is 16.2. The molecule has 25 heavy (non-hydrogen) atoms. The highest BCUT2D eigenvalue weighted by molar-refractivity contribution is 6.00. The summed E-state index contributed by atoms with van der Waals surface area (Å²) in [5.41, 5.74) is 6.93. The molecule has 0 bridgehead atoms. The number of nitrogens with two attached hydrogens (primary N) is 1. The van der Waals surface area contributed by atoms with E-state index < -0.39 is 17.9 Å². The smallest absolute Gasteiger partial charge is 0.252 e. The number of carbonyl (C=O) groups is 3. The fraction of sp³-hybridized carbons (Fsp3) is 0.211. The Kier molecular flexibility index (Phi) is 4.79. The standard InChI is InChI=1S/C19H19N3O3/c20-17(23)16(12-5-2-1-3-6-12)22-19(25)14-7-4-8-15(11-14)21-18(24)13-9-10-13/h1-8,11,13,16H,9-10H2,(H2,20,23)(H,21,24)(H,22,25). The van der Waals surface area contributed by atoms with Crippen molar-refractivity contribution < 1.29 is 14.4 Å². The van der Waals surface area contributed by atoms with Crippen LogP contribution in [0.2, 0.25) is 0 Å². The molecule has 1 unspecified atom stereocenters. The van der Waals surface area contributed by atoms with Gasteiger partial charge < -0.3 is 16.4 Å². The van der Waals surface area contributed by atoms with Gasteiger partial charge in [-0.25, -0.2) is 0 Å². The molecule has 0 saturated heterocycles. The van der Waals surface area contributed by atoms with E-state index in [2.05, 4.69) is 10.6 Å². The molecule has 3 amide bonds. The number of nitrogens with one attached hydrogen (secondary N) is 2. The van der Waals surface area contributed by atoms with E-state index in [9.17, 15) is 14.4 Å². The number of hydrogen-bond donors (Lipinski definition) is 3. The van der Waals surface area contributed by atoms with Crippen LogP contribution in [0.1, 0.15) is 34.8 Å². The van der Waals surface area contributed by atoms with E-state index in [1.54, 1.807) is 48.5 Å². The Labute approximate surface area is 145 Å². The molecule has 128 valence electrons. The first-order valence-electron chi connectivity index (χ1n) is 8.10. The van der Waals surface area contributed by atoms with Gasteiger partial charge in [-0.1, -0.05) is 36.4 Å². The van der Waals surface area contributed by atoms with Crippen molar-refractivity contribution in [2.24, 2.45) is 11.7 Å². The van der Waals surface area contributed by atoms with Crippen LogP contribution in [0.4, 0.5) is 5.69 Å². The molecule has 0 spiro atoms. The van der Waals surface area contributed by atoms with Gasteiger partial charge in [0.1, 0.15) is 6.04 Å². The summed E-state index contributed by atoms with van der Waals surface area (Å²) in [4.78, 5) is 36.0. The zero-order chi connectivity index (χ0) is 17.8. The zero-order valence-electron chi connectivity index (χ0n) is 13.6. The minimum absolute atomic E-state index is 0.0307. The van der Waals surface area contributed by atoms with Gasteiger partial charge in [-0.05, 0) is 36.6 Å². The molecule has 1 atom stereocenters. The summed E-state index contributed by atoms with van der Waals surface area (Å²) < 4.78 is 0. The fourth-order valence-corrected chi connectivity index (χ4v) is 2.51. The van der Waals surface area contributed by atoms with Crippen molar-refractivity contribution in [1.82, 2.24) is 5.32 Å². The molecule has 4 N–H and O–H groups in total. The molecule has 0 radical (unpaired) electrons. The predicted molar refractivity (Wildman–Crippen MR) is 93.6 cm³/mol. The predicted octanol–water partition coefficient (Wildman–Crippen LogP) is 1.99. The van der Waals surface area contributed by atoms with Gasteiger partial charge in [0.05, 0.1) is 0 Å². The molecule has 0 heterocycles. The van der Waals surface area contributed by atoms with Crippen molar-refractivity contribution in [2.45, 2.75) is 18.9 Å². The highest BCUT2D eigenvalue weighted by Crippen LogP contribution is 2.30. The second-order valence-corrected chi connectivity index (χ2v) is 6.06. The molecule has 1 fully saturated rings. The Hall–Kier alpha value is -3.15. The third kappa shape index (κ3) is 4.23. The molecule has 1 saturated carbocycles. The summed E-state index contributed by atoms with van der Waals surface area (Å²) >= 11 is 0. The van der Waals surface area contributed by atoms with Crippen molar-refractivity contribution >= 4 is 23.4 Å². The van der Waals surface area contributed by atoms with Crippen LogP contribution in [0, 0.1) is 5.92 Å². The molecule has 6 nitrogen and oxygen atoms in total. The molecule has 2 aromatic rings. The minimum Gasteiger partial charge on any atom is -0.368 e. The quantitative estimate of drug-likeness (QED) is 0.751. The lowest BCUT2D eigenvalue weighted by molar-refractivity contribution is -0.120. The van der Waals surface area contributed by atoms with Gasteiger partial charge in [0.2, 0.25) is 11.8 Å². The first-order valence-corrected chi connectivity index (χ1v) is 8.10. The molecule has 0 aromatic heterocycles. The van der Waals surface area contributed by atoms with E-state index >= 15 is 0 Å². The monoisotopic (exact) mass is 337 g/mol. The number of carbonyl (C=O) groups excluding carboxylic acids is 3. The summed E-state index contributed by atoms with van der Waals surface area (Å²) in [6.45, 7) is 0. The van der Waals surface area contributed by atoms with E-state index in [1.165, 1.54) is 0 Å². The third-order valence-corrected chi connectivity index (χ3v) is 4.03. The van der Waals surface area contributed by atoms with Crippen LogP contribution in [0.15, 0.2) is 54.6 Å². The summed E-state index contributed by atoms with van der Waals surface area (Å²) in [6, 6.07) is 14.5. The maximum absolute atomic E-state index is 12.5. The average Bonchev–Trinajstić information content (AvgIpc) is 3.45. The van der Waals surface area contributed by atoms with E-state index in [-0.39, 0.29) is 11.8 Å². The van der Waals surface area contributed by atoms with Crippen LogP contribution in [0.5, 0.6) is 0 Å². The van der Waals surface area contributed by atoms with Crippen molar-refractivity contribution in [3.8, 4) is 0 Å². The van der Waals surface area contributed by atoms with Gasteiger partial charge in [0, 0.05) is 17.2 Å². The lowest BCUT2D eigenvalue weighted by Gasteiger charge is -2.16. The van der Waals surface area contributed by atoms with Crippen molar-refractivity contribution in [2.75, 3.05) is 5.32 Å². The van der Waals surface area contributed by atoms with Crippen LogP contribution in [-0.4, -0.2) is 17.7 Å². The van der Waals surface area contributed by atoms with Crippen molar-refractivity contribution in [3.05, 3.63) is 65.7 Å². The molecule has 1 aliphatic carbocycles. The van der Waals surface area contributed by atoms with Gasteiger partial charge >= 0.3 is 0 Å². The zero-order valence-corrected chi connectivity index (χ0v) is 13.6. The number of anilines is 1. The van der Waals surface area contributed by atoms with Crippen LogP contribution in [0.3, 0.4) is 0 Å². The van der Waals surface area contributed by atoms with Gasteiger partial charge in [0.15, 0.2) is 0 Å². The van der Waals surface area contributed by atoms with Gasteiger partial charge in [-0.3, -0.25) is 14.4 Å². The summed E-state index contributed by atoms with van der Waals surface area (Å²) in [5, 5.41) is 5.43. The maximum atomic E-state index is 12.5. The number of primary amides is 1. The van der Waals surface area contributed by atoms with Crippen LogP contribution < -0.4 is 16.4 Å². The molecule has 3 rings (SSSR count). The Morgan fingerprint density at radius 3 is 2.36 bits per heavy atom. The van der Waals surface area contributed by atoms with Crippen molar-refractivity contribution in [1.29, 1.82) is 0 Å². The van der Waals surface area contributed by atoms with Crippen LogP contribution in [-0.2, 0) is 9.59 Å². The number of benzene rings is 2. The molecule has 6 heteroatoms. The largest absolute Gasteiger partial charge is 0.368 e. The second-order valence-electron chi connectivity index (χ2n) is 6.06. The maximum Gasteiger partial charge on any atom is 0.252 e. The summed E-state index contributed by atoms with van der Waals surface area (Å²) in [7, 11) is 0. The Morgan fingerprint density at radius 2 is 1.72 bits per heavy atom. The van der Waals surface area contributed by atoms with E-state index in [0.717, 1.165) is 12.8 Å². The topological polar surface area (TPSA) is 101 Å². The van der Waals surface area contributed by atoms with E-state index in [4.69, 9.17) is 5.73 Å². The first kappa shape index (κ1) is 16.7. The normalized spacial score (nSPS) is 14.4. The molecular weight excluding hydrogens is 318 g/mol. The molecule has 2 aromatic carbocycles. The molecular formula is C19H19N3O3. The minimum atomic E-state index is -0.918. The van der Waals surface area contributed by atoms with Gasteiger partial charge in [0.25, 0.3) is 5.91 Å².